The molecule has 7 heteroatoms. The standard InChI is InChI=1S/C24H27ClN4O2/c25-21-9-5-4-8-20(21)16-29-17-22(26-27-29)24(31)28-14-12-19(13-15-28)23(30)11-10-18-6-2-1-3-7-18/h1-9,17,19,23,30H,10-16H2/t23-/m1/s1. The van der Waals surface area contributed by atoms with Crippen LogP contribution < -0.4 is 0 Å². The van der Waals surface area contributed by atoms with E-state index in [9.17, 15) is 9.90 Å². The van der Waals surface area contributed by atoms with E-state index in [2.05, 4.69) is 22.4 Å². The maximum atomic E-state index is 12.8. The van der Waals surface area contributed by atoms with Crippen molar-refractivity contribution in [1.82, 2.24) is 19.9 Å². The van der Waals surface area contributed by atoms with Crippen LogP contribution in [0.5, 0.6) is 0 Å². The maximum absolute atomic E-state index is 12.8. The molecular weight excluding hydrogens is 412 g/mol. The molecule has 0 unspecified atom stereocenters. The van der Waals surface area contributed by atoms with Crippen LogP contribution in [0.15, 0.2) is 60.8 Å². The first-order valence-corrected chi connectivity index (χ1v) is 11.1. The summed E-state index contributed by atoms with van der Waals surface area (Å²) in [5.74, 6) is 0.117. The van der Waals surface area contributed by atoms with Gasteiger partial charge in [0.25, 0.3) is 5.91 Å². The van der Waals surface area contributed by atoms with E-state index in [1.807, 2.05) is 47.4 Å². The van der Waals surface area contributed by atoms with Crippen molar-refractivity contribution in [2.75, 3.05) is 13.1 Å². The van der Waals surface area contributed by atoms with Gasteiger partial charge in [-0.3, -0.25) is 4.79 Å². The molecule has 31 heavy (non-hydrogen) atoms. The summed E-state index contributed by atoms with van der Waals surface area (Å²) in [6.07, 6.45) is 4.56. The largest absolute Gasteiger partial charge is 0.393 e. The number of halogens is 1. The van der Waals surface area contributed by atoms with Crippen LogP contribution in [0.25, 0.3) is 0 Å². The summed E-state index contributed by atoms with van der Waals surface area (Å²) in [6.45, 7) is 1.72. The number of nitrogens with zero attached hydrogens (tertiary/aromatic N) is 4. The summed E-state index contributed by atoms with van der Waals surface area (Å²) in [6, 6.07) is 17.8. The lowest BCUT2D eigenvalue weighted by Gasteiger charge is -2.34. The van der Waals surface area contributed by atoms with Crippen LogP contribution in [-0.2, 0) is 13.0 Å². The molecule has 1 aliphatic rings. The van der Waals surface area contributed by atoms with Crippen LogP contribution >= 0.6 is 11.6 Å². The van der Waals surface area contributed by atoms with Gasteiger partial charge in [0.1, 0.15) is 0 Å². The molecule has 4 rings (SSSR count). The first-order chi connectivity index (χ1) is 15.1. The molecule has 0 bridgehead atoms. The van der Waals surface area contributed by atoms with Crippen LogP contribution in [0.3, 0.4) is 0 Å². The molecule has 1 saturated heterocycles. The average Bonchev–Trinajstić information content (AvgIpc) is 3.28. The highest BCUT2D eigenvalue weighted by molar-refractivity contribution is 6.31. The molecule has 0 saturated carbocycles. The van der Waals surface area contributed by atoms with Gasteiger partial charge in [0.2, 0.25) is 0 Å². The highest BCUT2D eigenvalue weighted by Gasteiger charge is 2.28. The molecule has 0 spiro atoms. The second-order valence-corrected chi connectivity index (χ2v) is 8.52. The Kier molecular flexibility index (Phi) is 6.99. The van der Waals surface area contributed by atoms with E-state index < -0.39 is 0 Å². The number of piperidine rings is 1. The second-order valence-electron chi connectivity index (χ2n) is 8.11. The van der Waals surface area contributed by atoms with E-state index in [-0.39, 0.29) is 17.9 Å². The number of aryl methyl sites for hydroxylation is 1. The van der Waals surface area contributed by atoms with Crippen LogP contribution in [0.4, 0.5) is 0 Å². The maximum Gasteiger partial charge on any atom is 0.276 e. The van der Waals surface area contributed by atoms with Crippen LogP contribution in [0, 0.1) is 5.92 Å². The number of carbonyl (C=O) groups excluding carboxylic acids is 1. The first-order valence-electron chi connectivity index (χ1n) is 10.7. The molecule has 1 amide bonds. The summed E-state index contributed by atoms with van der Waals surface area (Å²) in [5.41, 5.74) is 2.52. The predicted molar refractivity (Wildman–Crippen MR) is 120 cm³/mol. The molecule has 2 aromatic carbocycles. The molecule has 1 fully saturated rings. The van der Waals surface area contributed by atoms with Crippen LogP contribution in [0.1, 0.15) is 40.9 Å². The topological polar surface area (TPSA) is 71.2 Å². The normalized spacial score (nSPS) is 15.7. The quantitative estimate of drug-likeness (QED) is 0.608. The fourth-order valence-electron chi connectivity index (χ4n) is 4.12. The second kappa shape index (κ2) is 10.1. The summed E-state index contributed by atoms with van der Waals surface area (Å²) in [4.78, 5) is 14.7. The van der Waals surface area contributed by atoms with Crippen molar-refractivity contribution in [1.29, 1.82) is 0 Å². The number of amides is 1. The molecule has 1 aromatic heterocycles. The number of aliphatic hydroxyl groups is 1. The van der Waals surface area contributed by atoms with Crippen molar-refractivity contribution in [2.24, 2.45) is 5.92 Å². The minimum atomic E-state index is -0.339. The minimum absolute atomic E-state index is 0.109. The van der Waals surface area contributed by atoms with Crippen molar-refractivity contribution in [3.8, 4) is 0 Å². The van der Waals surface area contributed by atoms with Crippen LogP contribution in [-0.4, -0.2) is 50.1 Å². The number of hydrogen-bond acceptors (Lipinski definition) is 4. The SMILES string of the molecule is O=C(c1cn(Cc2ccccc2Cl)nn1)N1CCC([C@H](O)CCc2ccccc2)CC1. The number of likely N-dealkylation sites (tertiary alicyclic amines) is 1. The zero-order valence-corrected chi connectivity index (χ0v) is 18.2. The van der Waals surface area contributed by atoms with E-state index in [0.29, 0.717) is 30.4 Å². The van der Waals surface area contributed by atoms with E-state index in [0.717, 1.165) is 31.2 Å². The fourth-order valence-corrected chi connectivity index (χ4v) is 4.31. The van der Waals surface area contributed by atoms with Crippen LogP contribution in [0.2, 0.25) is 5.02 Å². The third kappa shape index (κ3) is 5.51. The average molecular weight is 439 g/mol. The summed E-state index contributed by atoms with van der Waals surface area (Å²) >= 11 is 6.20. The monoisotopic (exact) mass is 438 g/mol. The third-order valence-corrected chi connectivity index (χ3v) is 6.36. The Morgan fingerprint density at radius 2 is 1.81 bits per heavy atom. The predicted octanol–water partition coefficient (Wildman–Crippen LogP) is 3.83. The van der Waals surface area contributed by atoms with Gasteiger partial charge in [0.05, 0.1) is 18.8 Å². The smallest absolute Gasteiger partial charge is 0.276 e. The van der Waals surface area contributed by atoms with Gasteiger partial charge in [0.15, 0.2) is 5.69 Å². The molecule has 6 nitrogen and oxygen atoms in total. The highest BCUT2D eigenvalue weighted by Crippen LogP contribution is 2.24. The number of aliphatic hydroxyl groups excluding tert-OH is 1. The number of benzene rings is 2. The molecule has 0 radical (unpaired) electrons. The van der Waals surface area contributed by atoms with Gasteiger partial charge in [-0.25, -0.2) is 4.68 Å². The van der Waals surface area contributed by atoms with Crippen molar-refractivity contribution in [2.45, 2.75) is 38.3 Å². The van der Waals surface area contributed by atoms with Gasteiger partial charge in [-0.15, -0.1) is 5.10 Å². The summed E-state index contributed by atoms with van der Waals surface area (Å²) < 4.78 is 1.63. The van der Waals surface area contributed by atoms with Gasteiger partial charge in [0, 0.05) is 18.1 Å². The molecule has 1 N–H and O–H groups in total. The molecule has 0 aliphatic carbocycles. The Labute approximate surface area is 187 Å². The van der Waals surface area contributed by atoms with Gasteiger partial charge >= 0.3 is 0 Å². The lowest BCUT2D eigenvalue weighted by atomic mass is 9.88. The van der Waals surface area contributed by atoms with Gasteiger partial charge < -0.3 is 10.0 Å². The lowest BCUT2D eigenvalue weighted by Crippen LogP contribution is -2.41. The molecule has 162 valence electrons. The van der Waals surface area contributed by atoms with Crippen molar-refractivity contribution in [3.63, 3.8) is 0 Å². The Morgan fingerprint density at radius 3 is 2.55 bits per heavy atom. The zero-order valence-electron chi connectivity index (χ0n) is 17.4. The molecule has 1 atom stereocenters. The number of rotatable bonds is 7. The number of aromatic nitrogens is 3. The Bertz CT molecular complexity index is 1000. The Balaban J connectivity index is 1.27. The minimum Gasteiger partial charge on any atom is -0.393 e. The summed E-state index contributed by atoms with van der Waals surface area (Å²) in [7, 11) is 0. The fraction of sp³-hybridized carbons (Fsp3) is 0.375. The first kappa shape index (κ1) is 21.5. The Hall–Kier alpha value is -2.70. The number of hydrogen-bond donors (Lipinski definition) is 1. The van der Waals surface area contributed by atoms with E-state index in [1.54, 1.807) is 10.9 Å². The van der Waals surface area contributed by atoms with Crippen molar-refractivity contribution in [3.05, 3.63) is 82.6 Å². The zero-order chi connectivity index (χ0) is 21.6. The lowest BCUT2D eigenvalue weighted by molar-refractivity contribution is 0.0433. The number of carbonyl (C=O) groups is 1. The van der Waals surface area contributed by atoms with E-state index in [1.165, 1.54) is 5.56 Å². The highest BCUT2D eigenvalue weighted by atomic mass is 35.5. The van der Waals surface area contributed by atoms with Gasteiger partial charge in [-0.05, 0) is 48.8 Å². The van der Waals surface area contributed by atoms with E-state index >= 15 is 0 Å². The van der Waals surface area contributed by atoms with E-state index in [4.69, 9.17) is 11.6 Å². The van der Waals surface area contributed by atoms with Gasteiger partial charge in [-0.2, -0.15) is 0 Å². The van der Waals surface area contributed by atoms with Gasteiger partial charge in [-0.1, -0.05) is 65.3 Å². The molecule has 2 heterocycles. The van der Waals surface area contributed by atoms with Crippen molar-refractivity contribution < 1.29 is 9.90 Å². The molecule has 3 aromatic rings. The summed E-state index contributed by atoms with van der Waals surface area (Å²) in [5, 5.41) is 19.4. The molecular formula is C24H27ClN4O2. The third-order valence-electron chi connectivity index (χ3n) is 5.99. The molecule has 1 aliphatic heterocycles. The van der Waals surface area contributed by atoms with Crippen molar-refractivity contribution >= 4 is 17.5 Å². The Morgan fingerprint density at radius 1 is 1.10 bits per heavy atom.